The molecule has 1 saturated heterocycles. The van der Waals surface area contributed by atoms with Crippen molar-refractivity contribution in [1.29, 1.82) is 0 Å². The maximum Gasteiger partial charge on any atom is 0.330 e. The lowest BCUT2D eigenvalue weighted by atomic mass is 10.2. The third-order valence-corrected chi connectivity index (χ3v) is 3.33. The topological polar surface area (TPSA) is 71.1 Å². The van der Waals surface area contributed by atoms with E-state index >= 15 is 0 Å². The maximum absolute atomic E-state index is 12.7. The molecule has 2 heterocycles. The highest BCUT2D eigenvalue weighted by Crippen LogP contribution is 2.30. The van der Waals surface area contributed by atoms with Crippen molar-refractivity contribution in [2.45, 2.75) is 38.2 Å². The van der Waals surface area contributed by atoms with E-state index in [2.05, 4.69) is 19.9 Å². The van der Waals surface area contributed by atoms with Crippen LogP contribution in [-0.4, -0.2) is 58.1 Å². The van der Waals surface area contributed by atoms with Gasteiger partial charge < -0.3 is 9.64 Å². The first kappa shape index (κ1) is 16.7. The average molecular weight is 324 g/mol. The number of carbonyl (C=O) groups excluding carboxylic acids is 1. The van der Waals surface area contributed by atoms with Gasteiger partial charge >= 0.3 is 12.3 Å². The van der Waals surface area contributed by atoms with Gasteiger partial charge in [-0.1, -0.05) is 0 Å². The van der Waals surface area contributed by atoms with Crippen LogP contribution >= 0.6 is 0 Å². The monoisotopic (exact) mass is 324 g/mol. The van der Waals surface area contributed by atoms with E-state index < -0.39 is 31.5 Å². The molecule has 22 heavy (non-hydrogen) atoms. The Morgan fingerprint density at radius 1 is 1.55 bits per heavy atom. The Balaban J connectivity index is 1.89. The summed E-state index contributed by atoms with van der Waals surface area (Å²) in [6, 6.07) is -0.350. The van der Waals surface area contributed by atoms with Crippen LogP contribution in [0.15, 0.2) is 0 Å². The summed E-state index contributed by atoms with van der Waals surface area (Å²) in [6.07, 6.45) is -2.45. The molecule has 124 valence electrons. The number of carbonyl (C=O) groups is 1. The molecule has 2 rings (SSSR count). The highest BCUT2D eigenvalue weighted by Gasteiger charge is 2.41. The number of amides is 1. The lowest BCUT2D eigenvalue weighted by molar-refractivity contribution is -0.171. The van der Waals surface area contributed by atoms with Crippen molar-refractivity contribution in [1.82, 2.24) is 20.1 Å². The normalized spacial score (nSPS) is 19.2. The standard InChI is InChI=1S/C12H16F4N4O2/c1-7-17-10(19-18-7)8-3-2-4-20(8)9(21)5-22-6-12(15,16)11(13)14/h8,11H,2-6H2,1H3,(H,17,18,19)/t8-/m0/s1. The Hall–Kier alpha value is -1.71. The number of hydrogen-bond donors (Lipinski definition) is 1. The van der Waals surface area contributed by atoms with Gasteiger partial charge in [0.15, 0.2) is 5.82 Å². The number of nitrogens with one attached hydrogen (secondary N) is 1. The molecule has 1 N–H and O–H groups in total. The van der Waals surface area contributed by atoms with Crippen LogP contribution in [0.25, 0.3) is 0 Å². The Bertz CT molecular complexity index is 523. The number of likely N-dealkylation sites (tertiary alicyclic amines) is 1. The SMILES string of the molecule is Cc1nc([C@@H]2CCCN2C(=O)COCC(F)(F)C(F)F)n[nH]1. The number of nitrogens with zero attached hydrogens (tertiary/aromatic N) is 3. The number of aromatic nitrogens is 3. The molecule has 0 spiro atoms. The van der Waals surface area contributed by atoms with Crippen LogP contribution in [0.1, 0.15) is 30.5 Å². The second-order valence-corrected chi connectivity index (χ2v) is 5.08. The molecule has 1 aromatic rings. The van der Waals surface area contributed by atoms with Gasteiger partial charge in [-0.25, -0.2) is 13.8 Å². The summed E-state index contributed by atoms with van der Waals surface area (Å²) in [6.45, 7) is -0.0320. The number of H-pyrrole nitrogens is 1. The minimum Gasteiger partial charge on any atom is -0.365 e. The van der Waals surface area contributed by atoms with E-state index in [1.165, 1.54) is 4.90 Å². The van der Waals surface area contributed by atoms with Crippen LogP contribution in [0.3, 0.4) is 0 Å². The van der Waals surface area contributed by atoms with E-state index in [0.29, 0.717) is 24.6 Å². The van der Waals surface area contributed by atoms with Crippen LogP contribution < -0.4 is 0 Å². The Kier molecular flexibility index (Phi) is 4.99. The summed E-state index contributed by atoms with van der Waals surface area (Å²) < 4.78 is 53.8. The number of aromatic amines is 1. The first-order valence-electron chi connectivity index (χ1n) is 6.73. The maximum atomic E-state index is 12.7. The summed E-state index contributed by atoms with van der Waals surface area (Å²) in [4.78, 5) is 17.6. The zero-order chi connectivity index (χ0) is 16.3. The van der Waals surface area contributed by atoms with Crippen molar-refractivity contribution in [3.05, 3.63) is 11.6 Å². The number of aryl methyl sites for hydroxylation is 1. The van der Waals surface area contributed by atoms with Gasteiger partial charge in [0.05, 0.1) is 6.04 Å². The van der Waals surface area contributed by atoms with Gasteiger partial charge in [-0.2, -0.15) is 13.9 Å². The largest absolute Gasteiger partial charge is 0.365 e. The predicted molar refractivity (Wildman–Crippen MR) is 66.6 cm³/mol. The molecule has 1 aliphatic rings. The number of rotatable bonds is 6. The van der Waals surface area contributed by atoms with Crippen LogP contribution in [0.5, 0.6) is 0 Å². The van der Waals surface area contributed by atoms with Crippen molar-refractivity contribution in [2.75, 3.05) is 19.8 Å². The fraction of sp³-hybridized carbons (Fsp3) is 0.750. The van der Waals surface area contributed by atoms with Crippen molar-refractivity contribution in [2.24, 2.45) is 0 Å². The van der Waals surface area contributed by atoms with Gasteiger partial charge in [0.1, 0.15) is 19.0 Å². The number of alkyl halides is 4. The van der Waals surface area contributed by atoms with E-state index in [1.54, 1.807) is 6.92 Å². The third-order valence-electron chi connectivity index (χ3n) is 3.33. The second kappa shape index (κ2) is 6.59. The molecule has 0 aromatic carbocycles. The summed E-state index contributed by atoms with van der Waals surface area (Å²) in [7, 11) is 0. The Labute approximate surface area is 123 Å². The highest BCUT2D eigenvalue weighted by molar-refractivity contribution is 5.78. The minimum absolute atomic E-state index is 0.350. The summed E-state index contributed by atoms with van der Waals surface area (Å²) >= 11 is 0. The Morgan fingerprint density at radius 2 is 2.27 bits per heavy atom. The van der Waals surface area contributed by atoms with Crippen LogP contribution in [-0.2, 0) is 9.53 Å². The van der Waals surface area contributed by atoms with Crippen molar-refractivity contribution in [3.8, 4) is 0 Å². The van der Waals surface area contributed by atoms with E-state index in [1.807, 2.05) is 0 Å². The second-order valence-electron chi connectivity index (χ2n) is 5.08. The number of halogens is 4. The van der Waals surface area contributed by atoms with Gasteiger partial charge in [-0.05, 0) is 19.8 Å². The summed E-state index contributed by atoms with van der Waals surface area (Å²) in [5.74, 6) is -3.76. The molecule has 0 aliphatic carbocycles. The third kappa shape index (κ3) is 3.73. The quantitative estimate of drug-likeness (QED) is 0.809. The van der Waals surface area contributed by atoms with Gasteiger partial charge in [-0.3, -0.25) is 9.89 Å². The molecule has 6 nitrogen and oxygen atoms in total. The minimum atomic E-state index is -4.26. The van der Waals surface area contributed by atoms with E-state index in [9.17, 15) is 22.4 Å². The molecule has 10 heteroatoms. The summed E-state index contributed by atoms with van der Waals surface area (Å²) in [5.41, 5.74) is 0. The van der Waals surface area contributed by atoms with E-state index in [-0.39, 0.29) is 6.04 Å². The zero-order valence-corrected chi connectivity index (χ0v) is 11.9. The molecule has 0 unspecified atom stereocenters. The summed E-state index contributed by atoms with van der Waals surface area (Å²) in [5, 5.41) is 6.65. The zero-order valence-electron chi connectivity index (χ0n) is 11.9. The molecule has 1 amide bonds. The van der Waals surface area contributed by atoms with Crippen LogP contribution in [0.2, 0.25) is 0 Å². The molecule has 1 aliphatic heterocycles. The molecular weight excluding hydrogens is 308 g/mol. The lowest BCUT2D eigenvalue weighted by Gasteiger charge is -2.23. The molecule has 1 aromatic heterocycles. The first-order valence-corrected chi connectivity index (χ1v) is 6.73. The lowest BCUT2D eigenvalue weighted by Crippen LogP contribution is -2.37. The molecule has 0 radical (unpaired) electrons. The smallest absolute Gasteiger partial charge is 0.330 e. The molecular formula is C12H16F4N4O2. The molecule has 1 atom stereocenters. The molecule has 0 bridgehead atoms. The van der Waals surface area contributed by atoms with E-state index in [4.69, 9.17) is 0 Å². The van der Waals surface area contributed by atoms with Gasteiger partial charge in [0.2, 0.25) is 5.91 Å². The van der Waals surface area contributed by atoms with Gasteiger partial charge in [0, 0.05) is 6.54 Å². The average Bonchev–Trinajstić information content (AvgIpc) is 3.06. The van der Waals surface area contributed by atoms with Crippen LogP contribution in [0.4, 0.5) is 17.6 Å². The van der Waals surface area contributed by atoms with Gasteiger partial charge in [0.25, 0.3) is 0 Å². The highest BCUT2D eigenvalue weighted by atomic mass is 19.3. The fourth-order valence-electron chi connectivity index (χ4n) is 2.26. The number of hydrogen-bond acceptors (Lipinski definition) is 4. The Morgan fingerprint density at radius 3 is 2.86 bits per heavy atom. The van der Waals surface area contributed by atoms with Gasteiger partial charge in [-0.15, -0.1) is 0 Å². The van der Waals surface area contributed by atoms with E-state index in [0.717, 1.165) is 6.42 Å². The first-order chi connectivity index (χ1) is 10.3. The van der Waals surface area contributed by atoms with Crippen LogP contribution in [0, 0.1) is 6.92 Å². The number of ether oxygens (including phenoxy) is 1. The predicted octanol–water partition coefficient (Wildman–Crippen LogP) is 1.69. The van der Waals surface area contributed by atoms with Crippen molar-refractivity contribution in [3.63, 3.8) is 0 Å². The molecule has 0 saturated carbocycles. The fourth-order valence-corrected chi connectivity index (χ4v) is 2.26. The molecule has 1 fully saturated rings. The van der Waals surface area contributed by atoms with Crippen molar-refractivity contribution < 1.29 is 27.1 Å². The van der Waals surface area contributed by atoms with Crippen molar-refractivity contribution >= 4 is 5.91 Å².